The quantitative estimate of drug-likeness (QED) is 0.540. The summed E-state index contributed by atoms with van der Waals surface area (Å²) < 4.78 is 26.8. The Hall–Kier alpha value is -1.25. The zero-order valence-corrected chi connectivity index (χ0v) is 11.7. The van der Waals surface area contributed by atoms with E-state index in [0.717, 1.165) is 25.7 Å². The SMILES string of the molecule is CC1(CNS(=O)(=O)c2cnc(NN)nc2)CCCC1. The van der Waals surface area contributed by atoms with Gasteiger partial charge in [0, 0.05) is 6.54 Å². The average Bonchev–Trinajstić information content (AvgIpc) is 2.84. The molecule has 1 aliphatic carbocycles. The molecule has 1 saturated carbocycles. The maximum absolute atomic E-state index is 12.1. The number of hydrogen-bond donors (Lipinski definition) is 3. The van der Waals surface area contributed by atoms with Crippen molar-refractivity contribution in [2.45, 2.75) is 37.5 Å². The van der Waals surface area contributed by atoms with E-state index >= 15 is 0 Å². The van der Waals surface area contributed by atoms with Gasteiger partial charge in [-0.3, -0.25) is 5.43 Å². The molecule has 0 unspecified atom stereocenters. The van der Waals surface area contributed by atoms with Crippen LogP contribution < -0.4 is 16.0 Å². The van der Waals surface area contributed by atoms with E-state index in [1.165, 1.54) is 12.4 Å². The zero-order chi connectivity index (χ0) is 13.9. The Kier molecular flexibility index (Phi) is 4.02. The Morgan fingerprint density at radius 1 is 1.32 bits per heavy atom. The van der Waals surface area contributed by atoms with Crippen LogP contribution >= 0.6 is 0 Å². The van der Waals surface area contributed by atoms with Gasteiger partial charge in [0.2, 0.25) is 16.0 Å². The lowest BCUT2D eigenvalue weighted by molar-refractivity contribution is 0.336. The molecular formula is C11H19N5O2S. The summed E-state index contributed by atoms with van der Waals surface area (Å²) in [6.45, 7) is 2.56. The number of nitrogens with one attached hydrogen (secondary N) is 2. The van der Waals surface area contributed by atoms with Crippen molar-refractivity contribution >= 4 is 16.0 Å². The first kappa shape index (κ1) is 14.2. The first-order chi connectivity index (χ1) is 8.95. The van der Waals surface area contributed by atoms with E-state index in [4.69, 9.17) is 5.84 Å². The van der Waals surface area contributed by atoms with Gasteiger partial charge < -0.3 is 0 Å². The van der Waals surface area contributed by atoms with Gasteiger partial charge in [-0.05, 0) is 18.3 Å². The number of nitrogens with two attached hydrogens (primary N) is 1. The van der Waals surface area contributed by atoms with E-state index in [0.29, 0.717) is 6.54 Å². The number of anilines is 1. The summed E-state index contributed by atoms with van der Waals surface area (Å²) in [5.41, 5.74) is 2.31. The molecule has 0 radical (unpaired) electrons. The highest BCUT2D eigenvalue weighted by Crippen LogP contribution is 2.36. The van der Waals surface area contributed by atoms with Crippen LogP contribution in [0.1, 0.15) is 32.6 Å². The standard InChI is InChI=1S/C11H19N5O2S/c1-11(4-2-3-5-11)8-15-19(17,18)9-6-13-10(16-12)14-7-9/h6-7,15H,2-5,8,12H2,1H3,(H,13,14,16). The molecule has 4 N–H and O–H groups in total. The van der Waals surface area contributed by atoms with Crippen molar-refractivity contribution in [3.63, 3.8) is 0 Å². The van der Waals surface area contributed by atoms with Crippen molar-refractivity contribution in [2.24, 2.45) is 11.3 Å². The minimum absolute atomic E-state index is 0.0492. The fourth-order valence-electron chi connectivity index (χ4n) is 2.29. The molecule has 0 amide bonds. The maximum Gasteiger partial charge on any atom is 0.243 e. The van der Waals surface area contributed by atoms with E-state index in [2.05, 4.69) is 27.0 Å². The maximum atomic E-state index is 12.1. The van der Waals surface area contributed by atoms with Crippen molar-refractivity contribution in [2.75, 3.05) is 12.0 Å². The van der Waals surface area contributed by atoms with Gasteiger partial charge in [-0.2, -0.15) is 0 Å². The molecule has 19 heavy (non-hydrogen) atoms. The van der Waals surface area contributed by atoms with Gasteiger partial charge in [-0.1, -0.05) is 19.8 Å². The molecule has 106 valence electrons. The van der Waals surface area contributed by atoms with Gasteiger partial charge in [0.25, 0.3) is 0 Å². The Bertz CT molecular complexity index is 523. The van der Waals surface area contributed by atoms with Crippen molar-refractivity contribution < 1.29 is 8.42 Å². The predicted molar refractivity (Wildman–Crippen MR) is 71.6 cm³/mol. The molecule has 0 aromatic carbocycles. The van der Waals surface area contributed by atoms with Crippen LogP contribution in [0.4, 0.5) is 5.95 Å². The Morgan fingerprint density at radius 2 is 1.89 bits per heavy atom. The van der Waals surface area contributed by atoms with Crippen LogP contribution in [-0.4, -0.2) is 24.9 Å². The van der Waals surface area contributed by atoms with Crippen molar-refractivity contribution in [3.05, 3.63) is 12.4 Å². The molecule has 2 rings (SSSR count). The van der Waals surface area contributed by atoms with Crippen LogP contribution in [0.15, 0.2) is 17.3 Å². The van der Waals surface area contributed by atoms with E-state index in [1.54, 1.807) is 0 Å². The molecule has 7 nitrogen and oxygen atoms in total. The minimum Gasteiger partial charge on any atom is -0.292 e. The van der Waals surface area contributed by atoms with Crippen LogP contribution in [0.25, 0.3) is 0 Å². The third-order valence-corrected chi connectivity index (χ3v) is 4.92. The molecule has 1 aliphatic rings. The Labute approximate surface area is 113 Å². The molecule has 1 aromatic rings. The fourth-order valence-corrected chi connectivity index (χ4v) is 3.38. The number of aromatic nitrogens is 2. The van der Waals surface area contributed by atoms with Crippen molar-refractivity contribution in [3.8, 4) is 0 Å². The summed E-state index contributed by atoms with van der Waals surface area (Å²) >= 11 is 0. The summed E-state index contributed by atoms with van der Waals surface area (Å²) in [4.78, 5) is 7.64. The van der Waals surface area contributed by atoms with Gasteiger partial charge in [0.1, 0.15) is 4.90 Å². The molecule has 0 saturated heterocycles. The minimum atomic E-state index is -3.55. The lowest BCUT2D eigenvalue weighted by Gasteiger charge is -2.23. The van der Waals surface area contributed by atoms with E-state index in [9.17, 15) is 8.42 Å². The number of nitrogens with zero attached hydrogens (tertiary/aromatic N) is 2. The van der Waals surface area contributed by atoms with Crippen LogP contribution in [-0.2, 0) is 10.0 Å². The summed E-state index contributed by atoms with van der Waals surface area (Å²) in [7, 11) is -3.55. The number of rotatable bonds is 5. The van der Waals surface area contributed by atoms with Gasteiger partial charge in [0.15, 0.2) is 0 Å². The normalized spacial score (nSPS) is 18.4. The smallest absolute Gasteiger partial charge is 0.243 e. The number of hydrogen-bond acceptors (Lipinski definition) is 6. The first-order valence-electron chi connectivity index (χ1n) is 6.24. The van der Waals surface area contributed by atoms with E-state index < -0.39 is 10.0 Å². The van der Waals surface area contributed by atoms with E-state index in [1.807, 2.05) is 0 Å². The van der Waals surface area contributed by atoms with Crippen LogP contribution in [0.3, 0.4) is 0 Å². The highest BCUT2D eigenvalue weighted by molar-refractivity contribution is 7.89. The molecular weight excluding hydrogens is 266 g/mol. The van der Waals surface area contributed by atoms with Crippen molar-refractivity contribution in [1.29, 1.82) is 0 Å². The highest BCUT2D eigenvalue weighted by atomic mass is 32.2. The second-order valence-corrected chi connectivity index (χ2v) is 7.00. The van der Waals surface area contributed by atoms with Crippen LogP contribution in [0.2, 0.25) is 0 Å². The zero-order valence-electron chi connectivity index (χ0n) is 10.9. The third kappa shape index (κ3) is 3.40. The molecule has 0 aliphatic heterocycles. The fraction of sp³-hybridized carbons (Fsp3) is 0.636. The van der Waals surface area contributed by atoms with E-state index in [-0.39, 0.29) is 16.3 Å². The van der Waals surface area contributed by atoms with Gasteiger partial charge in [-0.15, -0.1) is 0 Å². The summed E-state index contributed by atoms with van der Waals surface area (Å²) in [6, 6.07) is 0. The molecule has 1 heterocycles. The van der Waals surface area contributed by atoms with Crippen molar-refractivity contribution in [1.82, 2.24) is 14.7 Å². The number of sulfonamides is 1. The monoisotopic (exact) mass is 285 g/mol. The third-order valence-electron chi connectivity index (χ3n) is 3.57. The molecule has 1 aromatic heterocycles. The summed E-state index contributed by atoms with van der Waals surface area (Å²) in [6.07, 6.45) is 6.92. The molecule has 0 bridgehead atoms. The predicted octanol–water partition coefficient (Wildman–Crippen LogP) is 0.621. The Morgan fingerprint density at radius 3 is 2.42 bits per heavy atom. The van der Waals surface area contributed by atoms with Gasteiger partial charge in [-0.25, -0.2) is 29.0 Å². The van der Waals surface area contributed by atoms with Crippen LogP contribution in [0, 0.1) is 5.41 Å². The molecule has 8 heteroatoms. The second-order valence-electron chi connectivity index (χ2n) is 5.23. The number of nitrogen functional groups attached to an aromatic ring is 1. The summed E-state index contributed by atoms with van der Waals surface area (Å²) in [5.74, 6) is 5.31. The summed E-state index contributed by atoms with van der Waals surface area (Å²) in [5, 5.41) is 0. The largest absolute Gasteiger partial charge is 0.292 e. The topological polar surface area (TPSA) is 110 Å². The lowest BCUT2D eigenvalue weighted by atomic mass is 9.89. The van der Waals surface area contributed by atoms with Gasteiger partial charge in [0.05, 0.1) is 12.4 Å². The lowest BCUT2D eigenvalue weighted by Crippen LogP contribution is -2.34. The molecule has 0 atom stereocenters. The van der Waals surface area contributed by atoms with Gasteiger partial charge >= 0.3 is 0 Å². The number of hydrazine groups is 1. The Balaban J connectivity index is 2.05. The average molecular weight is 285 g/mol. The molecule has 1 fully saturated rings. The first-order valence-corrected chi connectivity index (χ1v) is 7.72. The molecule has 0 spiro atoms. The highest BCUT2D eigenvalue weighted by Gasteiger charge is 2.30. The second kappa shape index (κ2) is 5.40. The van der Waals surface area contributed by atoms with Crippen LogP contribution in [0.5, 0.6) is 0 Å².